The summed E-state index contributed by atoms with van der Waals surface area (Å²) in [6.07, 6.45) is 1.28. The molecular weight excluding hydrogens is 252 g/mol. The van der Waals surface area contributed by atoms with Crippen LogP contribution in [0.15, 0.2) is 42.6 Å². The van der Waals surface area contributed by atoms with Crippen molar-refractivity contribution in [2.24, 2.45) is 0 Å². The summed E-state index contributed by atoms with van der Waals surface area (Å²) in [4.78, 5) is 16.8. The van der Waals surface area contributed by atoms with Crippen LogP contribution in [0.3, 0.4) is 0 Å². The summed E-state index contributed by atoms with van der Waals surface area (Å²) < 4.78 is 7.02. The Balaban J connectivity index is 2.29. The summed E-state index contributed by atoms with van der Waals surface area (Å²) in [5.41, 5.74) is 0.905. The minimum atomic E-state index is -0.538. The van der Waals surface area contributed by atoms with Gasteiger partial charge < -0.3 is 4.74 Å². The fraction of sp³-hybridized carbons (Fsp3) is 0.250. The number of pyridine rings is 1. The molecule has 0 spiro atoms. The second-order valence-electron chi connectivity index (χ2n) is 5.71. The molecule has 0 N–H and O–H groups in total. The van der Waals surface area contributed by atoms with E-state index in [4.69, 9.17) is 4.74 Å². The van der Waals surface area contributed by atoms with Gasteiger partial charge in [0.2, 0.25) is 0 Å². The van der Waals surface area contributed by atoms with Crippen molar-refractivity contribution in [1.29, 1.82) is 0 Å². The fourth-order valence-corrected chi connectivity index (χ4v) is 2.29. The van der Waals surface area contributed by atoms with E-state index in [0.29, 0.717) is 5.65 Å². The van der Waals surface area contributed by atoms with Gasteiger partial charge in [0.1, 0.15) is 5.60 Å². The van der Waals surface area contributed by atoms with E-state index in [0.717, 1.165) is 16.3 Å². The number of hydrogen-bond acceptors (Lipinski definition) is 3. The first-order valence-electron chi connectivity index (χ1n) is 6.55. The van der Waals surface area contributed by atoms with Gasteiger partial charge in [-0.15, -0.1) is 0 Å². The molecule has 4 heteroatoms. The molecule has 20 heavy (non-hydrogen) atoms. The predicted octanol–water partition coefficient (Wildman–Crippen LogP) is 3.97. The zero-order valence-electron chi connectivity index (χ0n) is 11.8. The number of aromatic nitrogens is 2. The maximum atomic E-state index is 12.5. The van der Waals surface area contributed by atoms with E-state index in [2.05, 4.69) is 4.98 Å². The Kier molecular flexibility index (Phi) is 2.74. The Labute approximate surface area is 117 Å². The van der Waals surface area contributed by atoms with Crippen molar-refractivity contribution in [3.8, 4) is 0 Å². The number of benzene rings is 1. The monoisotopic (exact) mass is 268 g/mol. The number of nitrogens with zero attached hydrogens (tertiary/aromatic N) is 2. The van der Waals surface area contributed by atoms with Crippen LogP contribution in [0.25, 0.3) is 21.9 Å². The van der Waals surface area contributed by atoms with Crippen LogP contribution >= 0.6 is 0 Å². The van der Waals surface area contributed by atoms with Crippen molar-refractivity contribution in [2.45, 2.75) is 26.4 Å². The molecule has 3 aromatic rings. The van der Waals surface area contributed by atoms with Crippen LogP contribution in [-0.4, -0.2) is 21.2 Å². The molecule has 102 valence electrons. The highest BCUT2D eigenvalue weighted by Crippen LogP contribution is 2.28. The first kappa shape index (κ1) is 12.7. The van der Waals surface area contributed by atoms with Crippen molar-refractivity contribution in [3.63, 3.8) is 0 Å². The fourth-order valence-electron chi connectivity index (χ4n) is 2.29. The lowest BCUT2D eigenvalue weighted by molar-refractivity contribution is 0.0550. The van der Waals surface area contributed by atoms with Crippen LogP contribution in [0.5, 0.6) is 0 Å². The lowest BCUT2D eigenvalue weighted by Crippen LogP contribution is -2.27. The third-order valence-corrected chi connectivity index (χ3v) is 3.01. The van der Waals surface area contributed by atoms with Crippen LogP contribution in [0, 0.1) is 0 Å². The van der Waals surface area contributed by atoms with Gasteiger partial charge in [-0.05, 0) is 39.0 Å². The molecule has 1 aromatic carbocycles. The maximum Gasteiger partial charge on any atom is 0.420 e. The van der Waals surface area contributed by atoms with E-state index in [1.165, 1.54) is 4.57 Å². The van der Waals surface area contributed by atoms with Crippen molar-refractivity contribution < 1.29 is 9.53 Å². The van der Waals surface area contributed by atoms with Crippen molar-refractivity contribution >= 4 is 28.0 Å². The van der Waals surface area contributed by atoms with Crippen LogP contribution in [0.4, 0.5) is 4.79 Å². The Morgan fingerprint density at radius 2 is 1.80 bits per heavy atom. The summed E-state index contributed by atoms with van der Waals surface area (Å²) in [7, 11) is 0. The summed E-state index contributed by atoms with van der Waals surface area (Å²) in [5, 5.41) is 1.95. The van der Waals surface area contributed by atoms with Gasteiger partial charge in [-0.25, -0.2) is 14.3 Å². The highest BCUT2D eigenvalue weighted by molar-refractivity contribution is 6.11. The number of carbonyl (C=O) groups excluding carboxylic acids is 1. The number of ether oxygens (including phenoxy) is 1. The number of fused-ring (bicyclic) bond motifs is 3. The van der Waals surface area contributed by atoms with Gasteiger partial charge >= 0.3 is 6.09 Å². The smallest absolute Gasteiger partial charge is 0.420 e. The van der Waals surface area contributed by atoms with Gasteiger partial charge in [-0.3, -0.25) is 0 Å². The van der Waals surface area contributed by atoms with E-state index < -0.39 is 11.7 Å². The minimum Gasteiger partial charge on any atom is -0.443 e. The highest BCUT2D eigenvalue weighted by Gasteiger charge is 2.22. The van der Waals surface area contributed by atoms with Crippen molar-refractivity contribution in [2.75, 3.05) is 0 Å². The second-order valence-corrected chi connectivity index (χ2v) is 5.71. The first-order valence-corrected chi connectivity index (χ1v) is 6.55. The summed E-state index contributed by atoms with van der Waals surface area (Å²) in [5.74, 6) is 0. The van der Waals surface area contributed by atoms with Crippen LogP contribution < -0.4 is 0 Å². The summed E-state index contributed by atoms with van der Waals surface area (Å²) in [6, 6.07) is 11.6. The molecule has 0 aliphatic heterocycles. The van der Waals surface area contributed by atoms with E-state index in [1.807, 2.05) is 57.2 Å². The maximum absolute atomic E-state index is 12.5. The van der Waals surface area contributed by atoms with Crippen molar-refractivity contribution in [1.82, 2.24) is 9.55 Å². The number of para-hydroxylation sites is 1. The second kappa shape index (κ2) is 4.34. The third-order valence-electron chi connectivity index (χ3n) is 3.01. The van der Waals surface area contributed by atoms with Gasteiger partial charge in [0.25, 0.3) is 0 Å². The highest BCUT2D eigenvalue weighted by atomic mass is 16.6. The van der Waals surface area contributed by atoms with Crippen LogP contribution in [0.2, 0.25) is 0 Å². The molecule has 2 aromatic heterocycles. The molecule has 0 radical (unpaired) electrons. The Morgan fingerprint density at radius 1 is 1.10 bits per heavy atom. The average molecular weight is 268 g/mol. The van der Waals surface area contributed by atoms with Crippen molar-refractivity contribution in [3.05, 3.63) is 42.6 Å². The SMILES string of the molecule is CC(C)(C)OC(=O)n1c2ccccc2c2cccnc21. The van der Waals surface area contributed by atoms with Gasteiger partial charge in [-0.2, -0.15) is 0 Å². The van der Waals surface area contributed by atoms with E-state index in [1.54, 1.807) is 6.20 Å². The molecule has 0 aliphatic carbocycles. The van der Waals surface area contributed by atoms with Gasteiger partial charge in [0.05, 0.1) is 5.52 Å². The molecule has 0 saturated carbocycles. The predicted molar refractivity (Wildman–Crippen MR) is 78.9 cm³/mol. The van der Waals surface area contributed by atoms with Crippen LogP contribution in [-0.2, 0) is 4.74 Å². The van der Waals surface area contributed by atoms with E-state index in [-0.39, 0.29) is 0 Å². The molecule has 0 amide bonds. The standard InChI is InChI=1S/C16H16N2O2/c1-16(2,3)20-15(19)18-13-9-5-4-7-11(13)12-8-6-10-17-14(12)18/h4-10H,1-3H3. The molecule has 4 nitrogen and oxygen atoms in total. The molecule has 0 atom stereocenters. The average Bonchev–Trinajstić information content (AvgIpc) is 2.71. The topological polar surface area (TPSA) is 44.1 Å². The Morgan fingerprint density at radius 3 is 2.55 bits per heavy atom. The van der Waals surface area contributed by atoms with Gasteiger partial charge in [0, 0.05) is 17.0 Å². The van der Waals surface area contributed by atoms with Crippen LogP contribution in [0.1, 0.15) is 20.8 Å². The van der Waals surface area contributed by atoms with E-state index in [9.17, 15) is 4.79 Å². The molecule has 0 saturated heterocycles. The molecule has 3 rings (SSSR count). The van der Waals surface area contributed by atoms with E-state index >= 15 is 0 Å². The minimum absolute atomic E-state index is 0.401. The molecule has 2 heterocycles. The summed E-state index contributed by atoms with van der Waals surface area (Å²) >= 11 is 0. The molecule has 0 bridgehead atoms. The first-order chi connectivity index (χ1) is 9.47. The largest absolute Gasteiger partial charge is 0.443 e. The Bertz CT molecular complexity index is 744. The summed E-state index contributed by atoms with van der Waals surface area (Å²) in [6.45, 7) is 5.56. The third kappa shape index (κ3) is 2.03. The number of rotatable bonds is 0. The quantitative estimate of drug-likeness (QED) is 0.619. The normalized spacial score (nSPS) is 11.9. The lowest BCUT2D eigenvalue weighted by atomic mass is 10.2. The number of carbonyl (C=O) groups is 1. The van der Waals surface area contributed by atoms with Gasteiger partial charge in [0.15, 0.2) is 5.65 Å². The number of hydrogen-bond donors (Lipinski definition) is 0. The molecule has 0 aliphatic rings. The molecule has 0 unspecified atom stereocenters. The zero-order valence-corrected chi connectivity index (χ0v) is 11.8. The molecular formula is C16H16N2O2. The molecule has 0 fully saturated rings. The Hall–Kier alpha value is -2.36. The van der Waals surface area contributed by atoms with Gasteiger partial charge in [-0.1, -0.05) is 18.2 Å². The zero-order chi connectivity index (χ0) is 14.3. The lowest BCUT2D eigenvalue weighted by Gasteiger charge is -2.20.